The molecule has 0 aliphatic rings. The first-order valence-electron chi connectivity index (χ1n) is 8.16. The van der Waals surface area contributed by atoms with Crippen LogP contribution in [0.4, 0.5) is 74.6 Å². The molecule has 0 saturated heterocycles. The second-order valence-corrected chi connectivity index (χ2v) is 8.01. The maximum atomic E-state index is 13.8. The standard InChI is InChI=1S/C15H5F17O4S/c16-7(8(17)18)9(19,20)10(21,22)11(23,24)12(25,26)13(27,28)14(29,30)15(31,32)36-5-2-1-3-6(4-5)37(33,34)35/h1-4H,(H,33,34,35). The quantitative estimate of drug-likeness (QED) is 0.236. The van der Waals surface area contributed by atoms with Crippen molar-refractivity contribution in [3.05, 3.63) is 36.2 Å². The minimum Gasteiger partial charge on any atom is -0.428 e. The summed E-state index contributed by atoms with van der Waals surface area (Å²) in [5.74, 6) is -57.0. The average Bonchev–Trinajstić information content (AvgIpc) is 2.71. The maximum absolute atomic E-state index is 13.8. The van der Waals surface area contributed by atoms with Gasteiger partial charge in [-0.15, -0.1) is 0 Å². The molecule has 1 N–H and O–H groups in total. The van der Waals surface area contributed by atoms with Gasteiger partial charge in [-0.2, -0.15) is 83.1 Å². The Hall–Kier alpha value is -2.52. The molecule has 0 fully saturated rings. The predicted molar refractivity (Wildman–Crippen MR) is 81.9 cm³/mol. The van der Waals surface area contributed by atoms with Gasteiger partial charge in [0.25, 0.3) is 10.1 Å². The number of allylic oxidation sites excluding steroid dienone is 1. The maximum Gasteiger partial charge on any atom is 0.471 e. The molecule has 0 unspecified atom stereocenters. The lowest BCUT2D eigenvalue weighted by atomic mass is 9.90. The van der Waals surface area contributed by atoms with Crippen molar-refractivity contribution < 1.29 is 92.3 Å². The monoisotopic (exact) mass is 604 g/mol. The van der Waals surface area contributed by atoms with Crippen LogP contribution >= 0.6 is 0 Å². The van der Waals surface area contributed by atoms with Crippen LogP contribution < -0.4 is 4.74 Å². The Kier molecular flexibility index (Phi) is 7.95. The molecule has 22 heteroatoms. The van der Waals surface area contributed by atoms with Gasteiger partial charge in [-0.25, -0.2) is 0 Å². The van der Waals surface area contributed by atoms with Crippen molar-refractivity contribution in [2.75, 3.05) is 0 Å². The van der Waals surface area contributed by atoms with Gasteiger partial charge >= 0.3 is 47.7 Å². The molecule has 0 aliphatic carbocycles. The van der Waals surface area contributed by atoms with Gasteiger partial charge in [-0.3, -0.25) is 4.55 Å². The summed E-state index contributed by atoms with van der Waals surface area (Å²) in [4.78, 5) is -1.48. The zero-order valence-corrected chi connectivity index (χ0v) is 17.1. The van der Waals surface area contributed by atoms with Crippen molar-refractivity contribution in [3.63, 3.8) is 0 Å². The normalized spacial score (nSPS) is 15.0. The molecule has 0 aromatic heterocycles. The van der Waals surface area contributed by atoms with Gasteiger partial charge in [0.1, 0.15) is 5.75 Å². The van der Waals surface area contributed by atoms with Gasteiger partial charge in [-0.1, -0.05) is 6.07 Å². The van der Waals surface area contributed by atoms with Crippen LogP contribution in [-0.2, 0) is 10.1 Å². The fourth-order valence-electron chi connectivity index (χ4n) is 2.14. The van der Waals surface area contributed by atoms with Crippen LogP contribution in [0.25, 0.3) is 0 Å². The zero-order valence-electron chi connectivity index (χ0n) is 16.3. The summed E-state index contributed by atoms with van der Waals surface area (Å²) in [7, 11) is -5.35. The summed E-state index contributed by atoms with van der Waals surface area (Å²) in [5.41, 5.74) is 0. The van der Waals surface area contributed by atoms with Crippen LogP contribution in [0.2, 0.25) is 0 Å². The highest BCUT2D eigenvalue weighted by molar-refractivity contribution is 7.85. The molecule has 0 spiro atoms. The van der Waals surface area contributed by atoms with E-state index in [1.807, 2.05) is 0 Å². The van der Waals surface area contributed by atoms with Crippen LogP contribution in [0.1, 0.15) is 0 Å². The van der Waals surface area contributed by atoms with Crippen molar-refractivity contribution in [2.24, 2.45) is 0 Å². The molecule has 4 nitrogen and oxygen atoms in total. The third kappa shape index (κ3) is 4.88. The largest absolute Gasteiger partial charge is 0.471 e. The highest BCUT2D eigenvalue weighted by Crippen LogP contribution is 2.63. The van der Waals surface area contributed by atoms with Crippen LogP contribution in [0.3, 0.4) is 0 Å². The first kappa shape index (κ1) is 32.5. The summed E-state index contributed by atoms with van der Waals surface area (Å²) in [6, 6.07) is 0.290. The van der Waals surface area contributed by atoms with E-state index in [0.717, 1.165) is 0 Å². The molecule has 0 atom stereocenters. The second kappa shape index (κ2) is 9.05. The molecular formula is C15H5F17O4S. The van der Waals surface area contributed by atoms with Crippen LogP contribution in [0.15, 0.2) is 41.1 Å². The summed E-state index contributed by atoms with van der Waals surface area (Å²) in [6.07, 6.45) is -11.8. The fourth-order valence-corrected chi connectivity index (χ4v) is 2.65. The molecule has 37 heavy (non-hydrogen) atoms. The number of hydrogen-bond acceptors (Lipinski definition) is 3. The molecule has 214 valence electrons. The minimum atomic E-state index is -8.70. The number of rotatable bonds is 10. The first-order valence-corrected chi connectivity index (χ1v) is 9.60. The lowest BCUT2D eigenvalue weighted by Gasteiger charge is -2.41. The van der Waals surface area contributed by atoms with E-state index in [1.54, 1.807) is 0 Å². The average molecular weight is 604 g/mol. The summed E-state index contributed by atoms with van der Waals surface area (Å²) in [5, 5.41) is 0. The van der Waals surface area contributed by atoms with Gasteiger partial charge in [-0.05, 0) is 12.1 Å². The Balaban J connectivity index is 3.65. The molecule has 1 aromatic carbocycles. The molecule has 0 heterocycles. The van der Waals surface area contributed by atoms with Crippen molar-refractivity contribution in [1.29, 1.82) is 0 Å². The Labute approximate surface area is 192 Å². The third-order valence-electron chi connectivity index (χ3n) is 4.13. The Morgan fingerprint density at radius 1 is 0.676 bits per heavy atom. The summed E-state index contributed by atoms with van der Waals surface area (Å²) in [6.45, 7) is 0. The van der Waals surface area contributed by atoms with Crippen LogP contribution in [0.5, 0.6) is 5.75 Å². The highest BCUT2D eigenvalue weighted by atomic mass is 32.2. The van der Waals surface area contributed by atoms with Crippen molar-refractivity contribution in [1.82, 2.24) is 0 Å². The first-order chi connectivity index (χ1) is 16.0. The van der Waals surface area contributed by atoms with Gasteiger partial charge in [0.05, 0.1) is 4.90 Å². The molecule has 1 rings (SSSR count). The van der Waals surface area contributed by atoms with E-state index in [0.29, 0.717) is 6.07 Å². The van der Waals surface area contributed by atoms with Crippen molar-refractivity contribution in [3.8, 4) is 5.75 Å². The van der Waals surface area contributed by atoms with E-state index in [-0.39, 0.29) is 18.2 Å². The molecule has 0 aliphatic heterocycles. The van der Waals surface area contributed by atoms with Crippen molar-refractivity contribution in [2.45, 2.75) is 46.5 Å². The van der Waals surface area contributed by atoms with E-state index in [9.17, 15) is 83.1 Å². The lowest BCUT2D eigenvalue weighted by molar-refractivity contribution is -0.456. The number of halogens is 17. The van der Waals surface area contributed by atoms with Gasteiger partial charge in [0, 0.05) is 6.07 Å². The number of hydrogen-bond donors (Lipinski definition) is 1. The van der Waals surface area contributed by atoms with E-state index < -0.39 is 74.3 Å². The number of ether oxygens (including phenoxy) is 1. The smallest absolute Gasteiger partial charge is 0.428 e. The fraction of sp³-hybridized carbons (Fsp3) is 0.467. The zero-order chi connectivity index (χ0) is 29.8. The Morgan fingerprint density at radius 2 is 1.08 bits per heavy atom. The van der Waals surface area contributed by atoms with E-state index in [1.165, 1.54) is 0 Å². The molecule has 0 saturated carbocycles. The topological polar surface area (TPSA) is 63.6 Å². The van der Waals surface area contributed by atoms with Gasteiger partial charge < -0.3 is 4.74 Å². The number of alkyl halides is 14. The minimum absolute atomic E-state index is 0.0128. The number of benzene rings is 1. The van der Waals surface area contributed by atoms with Gasteiger partial charge in [0.15, 0.2) is 0 Å². The molecule has 0 bridgehead atoms. The predicted octanol–water partition coefficient (Wildman–Crippen LogP) is 6.79. The molecule has 1 aromatic rings. The van der Waals surface area contributed by atoms with Gasteiger partial charge in [0.2, 0.25) is 5.83 Å². The van der Waals surface area contributed by atoms with Crippen LogP contribution in [-0.4, -0.2) is 54.6 Å². The van der Waals surface area contributed by atoms with Crippen molar-refractivity contribution >= 4 is 10.1 Å². The molecule has 0 radical (unpaired) electrons. The SMILES string of the molecule is O=S(=O)(O)c1cccc(OC(F)(F)C(F)(F)C(F)(F)C(F)(F)C(F)(F)C(F)(F)C(F)(F)C(F)=C(F)F)c1. The highest BCUT2D eigenvalue weighted by Gasteiger charge is 2.94. The summed E-state index contributed by atoms with van der Waals surface area (Å²) >= 11 is 0. The molecule has 0 amide bonds. The second-order valence-electron chi connectivity index (χ2n) is 6.59. The third-order valence-corrected chi connectivity index (χ3v) is 4.98. The lowest BCUT2D eigenvalue weighted by Crippen LogP contribution is -2.73. The van der Waals surface area contributed by atoms with E-state index >= 15 is 0 Å². The summed E-state index contributed by atoms with van der Waals surface area (Å²) < 4.78 is 259. The Bertz CT molecular complexity index is 1150. The van der Waals surface area contributed by atoms with Crippen LogP contribution in [0, 0.1) is 0 Å². The molecular weight excluding hydrogens is 599 g/mol. The Morgan fingerprint density at radius 3 is 1.49 bits per heavy atom. The van der Waals surface area contributed by atoms with E-state index in [2.05, 4.69) is 4.74 Å². The van der Waals surface area contributed by atoms with E-state index in [4.69, 9.17) is 4.55 Å².